The number of para-hydroxylation sites is 2. The Morgan fingerprint density at radius 3 is 2.48 bits per heavy atom. The van der Waals surface area contributed by atoms with Gasteiger partial charge in [0, 0.05) is 28.5 Å². The molecule has 2 N–H and O–H groups in total. The van der Waals surface area contributed by atoms with Crippen molar-refractivity contribution >= 4 is 34.4 Å². The van der Waals surface area contributed by atoms with E-state index in [-0.39, 0.29) is 0 Å². The fourth-order valence-corrected chi connectivity index (χ4v) is 4.26. The van der Waals surface area contributed by atoms with Crippen LogP contribution in [-0.4, -0.2) is 25.1 Å². The second-order valence-corrected chi connectivity index (χ2v) is 7.93. The summed E-state index contributed by atoms with van der Waals surface area (Å²) in [5, 5.41) is 9.51. The van der Waals surface area contributed by atoms with E-state index in [0.29, 0.717) is 10.8 Å². The molecule has 0 atom stereocenters. The molecule has 0 unspecified atom stereocenters. The number of halogens is 1. The van der Waals surface area contributed by atoms with Crippen molar-refractivity contribution in [3.8, 4) is 22.4 Å². The van der Waals surface area contributed by atoms with Crippen LogP contribution in [0.2, 0.25) is 5.02 Å². The van der Waals surface area contributed by atoms with E-state index in [2.05, 4.69) is 25.1 Å². The monoisotopic (exact) mass is 417 g/mol. The smallest absolute Gasteiger partial charge is 0.117 e. The second-order valence-electron chi connectivity index (χ2n) is 6.51. The third-order valence-electron chi connectivity index (χ3n) is 4.61. The number of thioether (sulfide) groups is 1. The summed E-state index contributed by atoms with van der Waals surface area (Å²) in [6, 6.07) is 19.8. The summed E-state index contributed by atoms with van der Waals surface area (Å²) in [6.07, 6.45) is 3.59. The molecule has 0 aliphatic carbocycles. The average Bonchev–Trinajstić information content (AvgIpc) is 3.37. The Labute approximate surface area is 176 Å². The van der Waals surface area contributed by atoms with Crippen molar-refractivity contribution in [2.75, 3.05) is 0 Å². The third-order valence-corrected chi connectivity index (χ3v) is 5.87. The summed E-state index contributed by atoms with van der Waals surface area (Å²) < 4.78 is 0. The summed E-state index contributed by atoms with van der Waals surface area (Å²) in [7, 11) is 0. The molecule has 29 heavy (non-hydrogen) atoms. The van der Waals surface area contributed by atoms with Crippen molar-refractivity contribution in [1.82, 2.24) is 25.1 Å². The largest absolute Gasteiger partial charge is 0.341 e. The Bertz CT molecular complexity index is 1230. The predicted octanol–water partition coefficient (Wildman–Crippen LogP) is 5.96. The zero-order chi connectivity index (χ0) is 19.6. The van der Waals surface area contributed by atoms with E-state index >= 15 is 0 Å². The van der Waals surface area contributed by atoms with Crippen LogP contribution in [0.15, 0.2) is 78.1 Å². The maximum atomic E-state index is 6.06. The molecule has 0 spiro atoms. The van der Waals surface area contributed by atoms with Crippen molar-refractivity contribution in [3.05, 3.63) is 83.9 Å². The van der Waals surface area contributed by atoms with Crippen LogP contribution < -0.4 is 0 Å². The van der Waals surface area contributed by atoms with Crippen LogP contribution >= 0.6 is 23.4 Å². The van der Waals surface area contributed by atoms with Gasteiger partial charge in [-0.15, -0.1) is 0 Å². The standard InChI is InChI=1S/C22H16ClN5S/c23-16-7-5-15(6-8-16)21-20(14-9-11-24-12-10-14)22(28-27-21)29-13-19-25-17-3-1-2-4-18(17)26-19/h1-12H,13H2,(H,25,26)(H,27,28). The first kappa shape index (κ1) is 18.0. The predicted molar refractivity (Wildman–Crippen MR) is 118 cm³/mol. The second kappa shape index (κ2) is 7.73. The molecule has 3 heterocycles. The van der Waals surface area contributed by atoms with Gasteiger partial charge in [0.05, 0.1) is 21.8 Å². The first-order chi connectivity index (χ1) is 14.3. The lowest BCUT2D eigenvalue weighted by molar-refractivity contribution is 1.00. The molecule has 0 aliphatic rings. The molecule has 7 heteroatoms. The highest BCUT2D eigenvalue weighted by atomic mass is 35.5. The Balaban J connectivity index is 1.51. The number of pyridine rings is 1. The average molecular weight is 418 g/mol. The Morgan fingerprint density at radius 1 is 0.897 bits per heavy atom. The van der Waals surface area contributed by atoms with E-state index in [4.69, 9.17) is 11.6 Å². The van der Waals surface area contributed by atoms with Gasteiger partial charge in [0.2, 0.25) is 0 Å². The number of hydrogen-bond donors (Lipinski definition) is 2. The van der Waals surface area contributed by atoms with Crippen LogP contribution in [0.1, 0.15) is 5.82 Å². The van der Waals surface area contributed by atoms with E-state index in [1.165, 1.54) is 0 Å². The normalized spacial score (nSPS) is 11.2. The molecule has 142 valence electrons. The number of hydrogen-bond acceptors (Lipinski definition) is 4. The number of nitrogens with one attached hydrogen (secondary N) is 2. The molecule has 0 amide bonds. The summed E-state index contributed by atoms with van der Waals surface area (Å²) in [4.78, 5) is 12.2. The molecular formula is C22H16ClN5S. The van der Waals surface area contributed by atoms with Gasteiger partial charge >= 0.3 is 0 Å². The van der Waals surface area contributed by atoms with Gasteiger partial charge in [-0.1, -0.05) is 47.6 Å². The number of rotatable bonds is 5. The number of aromatic amines is 2. The van der Waals surface area contributed by atoms with E-state index in [9.17, 15) is 0 Å². The number of benzene rings is 2. The fraction of sp³-hybridized carbons (Fsp3) is 0.0455. The fourth-order valence-electron chi connectivity index (χ4n) is 3.25. The van der Waals surface area contributed by atoms with Gasteiger partial charge in [-0.05, 0) is 42.0 Å². The zero-order valence-electron chi connectivity index (χ0n) is 15.3. The lowest BCUT2D eigenvalue weighted by atomic mass is 10.0. The highest BCUT2D eigenvalue weighted by Gasteiger charge is 2.18. The maximum absolute atomic E-state index is 6.06. The molecule has 0 saturated heterocycles. The number of aromatic nitrogens is 5. The molecule has 3 aromatic heterocycles. The van der Waals surface area contributed by atoms with Crippen molar-refractivity contribution in [2.45, 2.75) is 10.8 Å². The maximum Gasteiger partial charge on any atom is 0.117 e. The molecule has 5 aromatic rings. The minimum Gasteiger partial charge on any atom is -0.341 e. The van der Waals surface area contributed by atoms with Crippen molar-refractivity contribution in [3.63, 3.8) is 0 Å². The SMILES string of the molecule is Clc1ccc(-c2n[nH]c(SCc3nc4ccccc4[nH]3)c2-c2ccncc2)cc1. The quantitative estimate of drug-likeness (QED) is 0.346. The lowest BCUT2D eigenvalue weighted by Crippen LogP contribution is -1.87. The highest BCUT2D eigenvalue weighted by Crippen LogP contribution is 2.38. The first-order valence-corrected chi connectivity index (χ1v) is 10.5. The zero-order valence-corrected chi connectivity index (χ0v) is 16.8. The van der Waals surface area contributed by atoms with E-state index in [0.717, 1.165) is 44.3 Å². The number of imidazole rings is 1. The van der Waals surface area contributed by atoms with Crippen LogP contribution in [0.25, 0.3) is 33.4 Å². The van der Waals surface area contributed by atoms with Gasteiger partial charge in [-0.3, -0.25) is 10.1 Å². The van der Waals surface area contributed by atoms with E-state index < -0.39 is 0 Å². The Kier molecular flexibility index (Phi) is 4.79. The van der Waals surface area contributed by atoms with Gasteiger partial charge in [0.25, 0.3) is 0 Å². The Morgan fingerprint density at radius 2 is 1.69 bits per heavy atom. The van der Waals surface area contributed by atoms with Crippen molar-refractivity contribution in [2.24, 2.45) is 0 Å². The Hall–Kier alpha value is -3.09. The van der Waals surface area contributed by atoms with Crippen molar-refractivity contribution < 1.29 is 0 Å². The summed E-state index contributed by atoms with van der Waals surface area (Å²) in [5.41, 5.74) is 6.03. The van der Waals surface area contributed by atoms with Crippen molar-refractivity contribution in [1.29, 1.82) is 0 Å². The molecule has 0 fully saturated rings. The molecule has 0 bridgehead atoms. The minimum atomic E-state index is 0.703. The van der Waals surface area contributed by atoms with E-state index in [1.807, 2.05) is 60.7 Å². The first-order valence-electron chi connectivity index (χ1n) is 9.09. The summed E-state index contributed by atoms with van der Waals surface area (Å²) in [6.45, 7) is 0. The van der Waals surface area contributed by atoms with Crippen LogP contribution in [0.5, 0.6) is 0 Å². The topological polar surface area (TPSA) is 70.2 Å². The molecular weight excluding hydrogens is 402 g/mol. The van der Waals surface area contributed by atoms with Gasteiger partial charge in [-0.2, -0.15) is 5.10 Å². The minimum absolute atomic E-state index is 0.703. The van der Waals surface area contributed by atoms with Gasteiger partial charge in [0.15, 0.2) is 0 Å². The number of fused-ring (bicyclic) bond motifs is 1. The van der Waals surface area contributed by atoms with Crippen LogP contribution in [-0.2, 0) is 5.75 Å². The number of nitrogens with zero attached hydrogens (tertiary/aromatic N) is 3. The molecule has 0 saturated carbocycles. The van der Waals surface area contributed by atoms with Crippen LogP contribution in [0, 0.1) is 0 Å². The highest BCUT2D eigenvalue weighted by molar-refractivity contribution is 7.98. The third kappa shape index (κ3) is 3.64. The molecule has 5 nitrogen and oxygen atoms in total. The lowest BCUT2D eigenvalue weighted by Gasteiger charge is -2.06. The molecule has 0 aliphatic heterocycles. The summed E-state index contributed by atoms with van der Waals surface area (Å²) >= 11 is 7.73. The van der Waals surface area contributed by atoms with E-state index in [1.54, 1.807) is 24.2 Å². The molecule has 2 aromatic carbocycles. The molecule has 5 rings (SSSR count). The molecule has 0 radical (unpaired) electrons. The summed E-state index contributed by atoms with van der Waals surface area (Å²) in [5.74, 6) is 1.63. The van der Waals surface area contributed by atoms with Crippen LogP contribution in [0.4, 0.5) is 0 Å². The van der Waals surface area contributed by atoms with Gasteiger partial charge < -0.3 is 4.98 Å². The van der Waals surface area contributed by atoms with Crippen LogP contribution in [0.3, 0.4) is 0 Å². The van der Waals surface area contributed by atoms with Gasteiger partial charge in [-0.25, -0.2) is 4.98 Å². The van der Waals surface area contributed by atoms with Gasteiger partial charge in [0.1, 0.15) is 11.5 Å². The number of H-pyrrole nitrogens is 2.